The van der Waals surface area contributed by atoms with E-state index in [4.69, 9.17) is 10.5 Å². The van der Waals surface area contributed by atoms with E-state index in [2.05, 4.69) is 13.8 Å². The summed E-state index contributed by atoms with van der Waals surface area (Å²) >= 11 is 0. The van der Waals surface area contributed by atoms with Crippen LogP contribution < -0.4 is 10.5 Å². The van der Waals surface area contributed by atoms with Gasteiger partial charge in [0.2, 0.25) is 0 Å². The Kier molecular flexibility index (Phi) is 6.36. The van der Waals surface area contributed by atoms with Gasteiger partial charge in [0.05, 0.1) is 6.61 Å². The Morgan fingerprint density at radius 3 is 2.33 bits per heavy atom. The molecule has 0 aromatic heterocycles. The quantitative estimate of drug-likeness (QED) is 0.827. The summed E-state index contributed by atoms with van der Waals surface area (Å²) in [7, 11) is -0.846. The summed E-state index contributed by atoms with van der Waals surface area (Å²) < 4.78 is 17.2. The van der Waals surface area contributed by atoms with Crippen molar-refractivity contribution in [3.05, 3.63) is 29.8 Å². The molecule has 4 heteroatoms. The van der Waals surface area contributed by atoms with Crippen LogP contribution in [-0.4, -0.2) is 22.3 Å². The minimum absolute atomic E-state index is 0.166. The van der Waals surface area contributed by atoms with Crippen LogP contribution in [0.25, 0.3) is 0 Å². The molecule has 0 aliphatic heterocycles. The number of hydrogen-bond acceptors (Lipinski definition) is 3. The lowest BCUT2D eigenvalue weighted by Gasteiger charge is -2.13. The Labute approximate surface area is 112 Å². The molecule has 0 amide bonds. The molecular formula is C14H23NO2S. The Hall–Kier alpha value is -0.870. The molecule has 2 atom stereocenters. The molecule has 1 aromatic carbocycles. The predicted molar refractivity (Wildman–Crippen MR) is 77.3 cm³/mol. The van der Waals surface area contributed by atoms with Gasteiger partial charge in [-0.05, 0) is 30.5 Å². The highest BCUT2D eigenvalue weighted by Gasteiger charge is 2.11. The predicted octanol–water partition coefficient (Wildman–Crippen LogP) is 2.49. The lowest BCUT2D eigenvalue weighted by molar-refractivity contribution is 0.340. The van der Waals surface area contributed by atoms with Crippen LogP contribution in [0.15, 0.2) is 24.3 Å². The van der Waals surface area contributed by atoms with Gasteiger partial charge in [0.25, 0.3) is 0 Å². The lowest BCUT2D eigenvalue weighted by Crippen LogP contribution is -2.21. The number of rotatable bonds is 7. The van der Waals surface area contributed by atoms with Crippen molar-refractivity contribution in [3.63, 3.8) is 0 Å². The van der Waals surface area contributed by atoms with E-state index in [9.17, 15) is 4.21 Å². The summed E-state index contributed by atoms with van der Waals surface area (Å²) in [6.07, 6.45) is 0. The van der Waals surface area contributed by atoms with Gasteiger partial charge in [-0.3, -0.25) is 4.21 Å². The molecule has 0 bridgehead atoms. The van der Waals surface area contributed by atoms with Crippen molar-refractivity contribution in [1.29, 1.82) is 0 Å². The van der Waals surface area contributed by atoms with Crippen molar-refractivity contribution in [3.8, 4) is 5.75 Å². The second-order valence-corrected chi connectivity index (χ2v) is 6.32. The first kappa shape index (κ1) is 15.2. The molecule has 0 radical (unpaired) electrons. The van der Waals surface area contributed by atoms with Crippen molar-refractivity contribution < 1.29 is 8.95 Å². The van der Waals surface area contributed by atoms with Gasteiger partial charge >= 0.3 is 0 Å². The fourth-order valence-electron chi connectivity index (χ4n) is 1.71. The smallest absolute Gasteiger partial charge is 0.119 e. The Morgan fingerprint density at radius 1 is 1.22 bits per heavy atom. The number of ether oxygens (including phenoxy) is 1. The maximum absolute atomic E-state index is 11.8. The van der Waals surface area contributed by atoms with E-state index in [1.807, 2.05) is 31.2 Å². The van der Waals surface area contributed by atoms with Crippen molar-refractivity contribution in [2.75, 3.05) is 18.1 Å². The van der Waals surface area contributed by atoms with E-state index in [-0.39, 0.29) is 6.04 Å². The summed E-state index contributed by atoms with van der Waals surface area (Å²) in [5, 5.41) is 0. The van der Waals surface area contributed by atoms with Gasteiger partial charge < -0.3 is 10.5 Å². The van der Waals surface area contributed by atoms with E-state index in [1.165, 1.54) is 0 Å². The van der Waals surface area contributed by atoms with Crippen molar-refractivity contribution in [2.45, 2.75) is 26.8 Å². The van der Waals surface area contributed by atoms with Crippen LogP contribution in [0.4, 0.5) is 0 Å². The summed E-state index contributed by atoms with van der Waals surface area (Å²) in [5.74, 6) is 2.52. The average Bonchev–Trinajstić information content (AvgIpc) is 2.29. The SMILES string of the molecule is CCOc1ccc(C(N)CS(=O)CC(C)C)cc1. The zero-order valence-electron chi connectivity index (χ0n) is 11.4. The summed E-state index contributed by atoms with van der Waals surface area (Å²) in [6, 6.07) is 7.54. The van der Waals surface area contributed by atoms with Crippen LogP contribution in [0.2, 0.25) is 0 Å². The molecule has 3 nitrogen and oxygen atoms in total. The molecule has 0 saturated heterocycles. The van der Waals surface area contributed by atoms with Gasteiger partial charge in [0.15, 0.2) is 0 Å². The topological polar surface area (TPSA) is 52.3 Å². The van der Waals surface area contributed by atoms with Gasteiger partial charge in [-0.25, -0.2) is 0 Å². The molecule has 1 aromatic rings. The third-order valence-electron chi connectivity index (χ3n) is 2.50. The van der Waals surface area contributed by atoms with E-state index in [0.717, 1.165) is 11.3 Å². The molecule has 0 aliphatic carbocycles. The second kappa shape index (κ2) is 7.54. The zero-order valence-corrected chi connectivity index (χ0v) is 12.2. The average molecular weight is 269 g/mol. The first-order chi connectivity index (χ1) is 8.52. The van der Waals surface area contributed by atoms with E-state index < -0.39 is 10.8 Å². The molecule has 102 valence electrons. The lowest BCUT2D eigenvalue weighted by atomic mass is 10.1. The number of nitrogens with two attached hydrogens (primary N) is 1. The third kappa shape index (κ3) is 5.19. The molecule has 18 heavy (non-hydrogen) atoms. The number of hydrogen-bond donors (Lipinski definition) is 1. The molecule has 2 N–H and O–H groups in total. The first-order valence-corrected chi connectivity index (χ1v) is 7.85. The van der Waals surface area contributed by atoms with Gasteiger partial charge in [-0.2, -0.15) is 0 Å². The van der Waals surface area contributed by atoms with Gasteiger partial charge in [0, 0.05) is 28.3 Å². The van der Waals surface area contributed by atoms with Crippen LogP contribution in [0.1, 0.15) is 32.4 Å². The third-order valence-corrected chi connectivity index (χ3v) is 4.27. The van der Waals surface area contributed by atoms with Crippen LogP contribution in [0.3, 0.4) is 0 Å². The fraction of sp³-hybridized carbons (Fsp3) is 0.571. The zero-order chi connectivity index (χ0) is 13.5. The molecule has 1 rings (SSSR count). The van der Waals surface area contributed by atoms with Crippen LogP contribution in [-0.2, 0) is 10.8 Å². The molecular weight excluding hydrogens is 246 g/mol. The standard InChI is InChI=1S/C14H23NO2S/c1-4-17-13-7-5-12(6-8-13)14(15)10-18(16)9-11(2)3/h5-8,11,14H,4,9-10,15H2,1-3H3. The van der Waals surface area contributed by atoms with Crippen molar-refractivity contribution >= 4 is 10.8 Å². The van der Waals surface area contributed by atoms with Crippen LogP contribution >= 0.6 is 0 Å². The second-order valence-electron chi connectivity index (χ2n) is 4.78. The van der Waals surface area contributed by atoms with Crippen LogP contribution in [0, 0.1) is 5.92 Å². The number of benzene rings is 1. The Balaban J connectivity index is 2.55. The Morgan fingerprint density at radius 2 is 1.83 bits per heavy atom. The molecule has 0 spiro atoms. The summed E-state index contributed by atoms with van der Waals surface area (Å²) in [6.45, 7) is 6.75. The van der Waals surface area contributed by atoms with Crippen LogP contribution in [0.5, 0.6) is 5.75 Å². The van der Waals surface area contributed by atoms with Gasteiger partial charge in [0.1, 0.15) is 5.75 Å². The largest absolute Gasteiger partial charge is 0.494 e. The minimum Gasteiger partial charge on any atom is -0.494 e. The van der Waals surface area contributed by atoms with E-state index in [0.29, 0.717) is 24.0 Å². The highest BCUT2D eigenvalue weighted by atomic mass is 32.2. The molecule has 0 aliphatic rings. The maximum Gasteiger partial charge on any atom is 0.119 e. The monoisotopic (exact) mass is 269 g/mol. The molecule has 0 fully saturated rings. The highest BCUT2D eigenvalue weighted by molar-refractivity contribution is 7.85. The first-order valence-electron chi connectivity index (χ1n) is 6.36. The fourth-order valence-corrected chi connectivity index (χ4v) is 3.19. The normalized spacial score (nSPS) is 14.5. The van der Waals surface area contributed by atoms with Crippen molar-refractivity contribution in [1.82, 2.24) is 0 Å². The van der Waals surface area contributed by atoms with E-state index >= 15 is 0 Å². The molecule has 0 saturated carbocycles. The maximum atomic E-state index is 11.8. The highest BCUT2D eigenvalue weighted by Crippen LogP contribution is 2.17. The molecule has 0 heterocycles. The van der Waals surface area contributed by atoms with Crippen molar-refractivity contribution in [2.24, 2.45) is 11.7 Å². The summed E-state index contributed by atoms with van der Waals surface area (Å²) in [4.78, 5) is 0. The van der Waals surface area contributed by atoms with E-state index in [1.54, 1.807) is 0 Å². The van der Waals surface area contributed by atoms with Gasteiger partial charge in [-0.1, -0.05) is 26.0 Å². The summed E-state index contributed by atoms with van der Waals surface area (Å²) in [5.41, 5.74) is 7.07. The minimum atomic E-state index is -0.846. The molecule has 2 unspecified atom stereocenters. The Bertz CT molecular complexity index is 376. The van der Waals surface area contributed by atoms with Gasteiger partial charge in [-0.15, -0.1) is 0 Å².